The van der Waals surface area contributed by atoms with E-state index in [4.69, 9.17) is 28.9 Å². The summed E-state index contributed by atoms with van der Waals surface area (Å²) in [6.07, 6.45) is 2.40. The number of aromatic nitrogens is 3. The number of nitrogens with zero attached hydrogens (tertiary/aromatic N) is 4. The fourth-order valence-electron chi connectivity index (χ4n) is 3.43. The Bertz CT molecular complexity index is 929. The number of rotatable bonds is 4. The number of hydrogen-bond acceptors (Lipinski definition) is 4. The molecule has 1 aliphatic heterocycles. The van der Waals surface area contributed by atoms with Gasteiger partial charge in [0, 0.05) is 30.1 Å². The van der Waals surface area contributed by atoms with Crippen molar-refractivity contribution in [3.63, 3.8) is 0 Å². The molecular formula is C18H19ClN4S2. The SMILES string of the molecule is Cn1c(-c2ccccc2Cl)nn(CN2CCCC2c2cccs2)c1=S. The molecule has 1 aliphatic rings. The molecule has 0 N–H and O–H groups in total. The van der Waals surface area contributed by atoms with Crippen LogP contribution in [0.25, 0.3) is 11.4 Å². The third-order valence-electron chi connectivity index (χ3n) is 4.71. The lowest BCUT2D eigenvalue weighted by molar-refractivity contribution is 0.192. The first-order chi connectivity index (χ1) is 12.1. The summed E-state index contributed by atoms with van der Waals surface area (Å²) in [7, 11) is 1.95. The monoisotopic (exact) mass is 390 g/mol. The quantitative estimate of drug-likeness (QED) is 0.578. The largest absolute Gasteiger partial charge is 0.303 e. The van der Waals surface area contributed by atoms with E-state index in [1.54, 1.807) is 0 Å². The third-order valence-corrected chi connectivity index (χ3v) is 6.49. The summed E-state index contributed by atoms with van der Waals surface area (Å²) in [5.41, 5.74) is 0.910. The van der Waals surface area contributed by atoms with Gasteiger partial charge in [0.15, 0.2) is 10.6 Å². The second-order valence-corrected chi connectivity index (χ2v) is 8.02. The number of thiophene rings is 1. The molecule has 1 fully saturated rings. The summed E-state index contributed by atoms with van der Waals surface area (Å²) >= 11 is 13.8. The summed E-state index contributed by atoms with van der Waals surface area (Å²) in [6.45, 7) is 1.78. The van der Waals surface area contributed by atoms with E-state index in [0.29, 0.717) is 22.5 Å². The van der Waals surface area contributed by atoms with Gasteiger partial charge in [-0.1, -0.05) is 29.8 Å². The average Bonchev–Trinajstić information content (AvgIpc) is 3.33. The van der Waals surface area contributed by atoms with E-state index in [-0.39, 0.29) is 0 Å². The molecule has 4 rings (SSSR count). The number of halogens is 1. The second-order valence-electron chi connectivity index (χ2n) is 6.27. The molecule has 2 aromatic heterocycles. The van der Waals surface area contributed by atoms with Crippen LogP contribution in [0.15, 0.2) is 41.8 Å². The molecule has 1 unspecified atom stereocenters. The zero-order chi connectivity index (χ0) is 17.4. The molecule has 0 spiro atoms. The van der Waals surface area contributed by atoms with Gasteiger partial charge in [0.25, 0.3) is 0 Å². The standard InChI is InChI=1S/C18H19ClN4S2/c1-21-17(13-6-2-3-7-14(13)19)20-23(18(21)24)12-22-10-4-8-15(22)16-9-5-11-25-16/h2-3,5-7,9,11,15H,4,8,10,12H2,1H3. The van der Waals surface area contributed by atoms with Crippen LogP contribution in [0.1, 0.15) is 23.8 Å². The molecule has 3 aromatic rings. The highest BCUT2D eigenvalue weighted by Crippen LogP contribution is 2.35. The van der Waals surface area contributed by atoms with Gasteiger partial charge in [0.05, 0.1) is 11.7 Å². The van der Waals surface area contributed by atoms with Crippen molar-refractivity contribution >= 4 is 35.2 Å². The Morgan fingerprint density at radius 3 is 2.88 bits per heavy atom. The van der Waals surface area contributed by atoms with Crippen molar-refractivity contribution < 1.29 is 0 Å². The smallest absolute Gasteiger partial charge is 0.199 e. The first-order valence-electron chi connectivity index (χ1n) is 8.31. The Labute approximate surface area is 161 Å². The van der Waals surface area contributed by atoms with Crippen LogP contribution in [0.2, 0.25) is 5.02 Å². The first kappa shape index (κ1) is 17.0. The lowest BCUT2D eigenvalue weighted by Crippen LogP contribution is -2.26. The predicted octanol–water partition coefficient (Wildman–Crippen LogP) is 5.13. The maximum absolute atomic E-state index is 6.35. The van der Waals surface area contributed by atoms with Gasteiger partial charge >= 0.3 is 0 Å². The van der Waals surface area contributed by atoms with Crippen molar-refractivity contribution in [3.05, 3.63) is 56.4 Å². The molecule has 1 saturated heterocycles. The van der Waals surface area contributed by atoms with Crippen molar-refractivity contribution in [2.75, 3.05) is 6.54 Å². The lowest BCUT2D eigenvalue weighted by Gasteiger charge is -2.23. The van der Waals surface area contributed by atoms with Gasteiger partial charge < -0.3 is 4.57 Å². The van der Waals surface area contributed by atoms with E-state index in [1.165, 1.54) is 17.7 Å². The van der Waals surface area contributed by atoms with Crippen molar-refractivity contribution in [2.24, 2.45) is 7.05 Å². The van der Waals surface area contributed by atoms with E-state index in [0.717, 1.165) is 17.9 Å². The van der Waals surface area contributed by atoms with Crippen molar-refractivity contribution in [2.45, 2.75) is 25.6 Å². The number of hydrogen-bond donors (Lipinski definition) is 0. The van der Waals surface area contributed by atoms with E-state index in [9.17, 15) is 0 Å². The van der Waals surface area contributed by atoms with Crippen LogP contribution in [0.3, 0.4) is 0 Å². The van der Waals surface area contributed by atoms with Gasteiger partial charge in [-0.25, -0.2) is 4.68 Å². The predicted molar refractivity (Wildman–Crippen MR) is 105 cm³/mol. The minimum Gasteiger partial charge on any atom is -0.303 e. The summed E-state index contributed by atoms with van der Waals surface area (Å²) < 4.78 is 4.57. The van der Waals surface area contributed by atoms with E-state index < -0.39 is 0 Å². The highest BCUT2D eigenvalue weighted by atomic mass is 35.5. The highest BCUT2D eigenvalue weighted by Gasteiger charge is 2.27. The van der Waals surface area contributed by atoms with E-state index in [1.807, 2.05) is 51.9 Å². The molecule has 25 heavy (non-hydrogen) atoms. The summed E-state index contributed by atoms with van der Waals surface area (Å²) in [5, 5.41) is 7.61. The highest BCUT2D eigenvalue weighted by molar-refractivity contribution is 7.71. The van der Waals surface area contributed by atoms with Crippen LogP contribution < -0.4 is 0 Å². The molecule has 3 heterocycles. The Kier molecular flexibility index (Phi) is 4.78. The second kappa shape index (κ2) is 7.03. The molecule has 0 saturated carbocycles. The van der Waals surface area contributed by atoms with Crippen molar-refractivity contribution in [1.82, 2.24) is 19.2 Å². The summed E-state index contributed by atoms with van der Waals surface area (Å²) in [5.74, 6) is 0.808. The Balaban J connectivity index is 1.65. The number of likely N-dealkylation sites (tertiary alicyclic amines) is 1. The Hall–Kier alpha value is -1.47. The van der Waals surface area contributed by atoms with E-state index in [2.05, 4.69) is 22.4 Å². The molecule has 7 heteroatoms. The van der Waals surface area contributed by atoms with Crippen LogP contribution in [0.4, 0.5) is 0 Å². The topological polar surface area (TPSA) is 26.0 Å². The first-order valence-corrected chi connectivity index (χ1v) is 9.98. The maximum Gasteiger partial charge on any atom is 0.199 e. The fraction of sp³-hybridized carbons (Fsp3) is 0.333. The van der Waals surface area contributed by atoms with Gasteiger partial charge in [0.2, 0.25) is 0 Å². The fourth-order valence-corrected chi connectivity index (χ4v) is 4.73. The van der Waals surface area contributed by atoms with Crippen LogP contribution in [-0.2, 0) is 13.7 Å². The molecule has 1 aromatic carbocycles. The van der Waals surface area contributed by atoms with Crippen LogP contribution in [0, 0.1) is 4.77 Å². The van der Waals surface area contributed by atoms with Gasteiger partial charge in [-0.2, -0.15) is 5.10 Å². The lowest BCUT2D eigenvalue weighted by atomic mass is 10.2. The van der Waals surface area contributed by atoms with Crippen molar-refractivity contribution in [1.29, 1.82) is 0 Å². The zero-order valence-corrected chi connectivity index (χ0v) is 16.3. The van der Waals surface area contributed by atoms with Gasteiger partial charge in [-0.15, -0.1) is 11.3 Å². The molecular weight excluding hydrogens is 372 g/mol. The number of benzene rings is 1. The minimum atomic E-state index is 0.465. The van der Waals surface area contributed by atoms with Gasteiger partial charge in [-0.3, -0.25) is 4.90 Å². The maximum atomic E-state index is 6.35. The summed E-state index contributed by atoms with van der Waals surface area (Å²) in [6, 6.07) is 12.6. The zero-order valence-electron chi connectivity index (χ0n) is 13.9. The van der Waals surface area contributed by atoms with Crippen molar-refractivity contribution in [3.8, 4) is 11.4 Å². The average molecular weight is 391 g/mol. The Morgan fingerprint density at radius 1 is 1.28 bits per heavy atom. The molecule has 0 aliphatic carbocycles. The van der Waals surface area contributed by atoms with Crippen LogP contribution in [0.5, 0.6) is 0 Å². The molecule has 1 atom stereocenters. The molecule has 0 radical (unpaired) electrons. The molecule has 4 nitrogen and oxygen atoms in total. The third kappa shape index (κ3) is 3.19. The van der Waals surface area contributed by atoms with E-state index >= 15 is 0 Å². The normalized spacial score (nSPS) is 18.1. The summed E-state index contributed by atoms with van der Waals surface area (Å²) in [4.78, 5) is 3.89. The molecule has 0 amide bonds. The Morgan fingerprint density at radius 2 is 2.12 bits per heavy atom. The van der Waals surface area contributed by atoms with Gasteiger partial charge in [-0.05, 0) is 48.6 Å². The minimum absolute atomic E-state index is 0.465. The van der Waals surface area contributed by atoms with Crippen LogP contribution in [-0.4, -0.2) is 25.8 Å². The molecule has 0 bridgehead atoms. The van der Waals surface area contributed by atoms with Crippen LogP contribution >= 0.6 is 35.2 Å². The molecule has 130 valence electrons. The van der Waals surface area contributed by atoms with Gasteiger partial charge in [0.1, 0.15) is 0 Å².